The first-order valence-corrected chi connectivity index (χ1v) is 7.18. The molecular formula is C14H20O5S. The summed E-state index contributed by atoms with van der Waals surface area (Å²) in [6.45, 7) is 3.03. The lowest BCUT2D eigenvalue weighted by atomic mass is 10.4. The van der Waals surface area contributed by atoms with E-state index in [-0.39, 0.29) is 0 Å². The van der Waals surface area contributed by atoms with Crippen LogP contribution in [0.25, 0.3) is 6.08 Å². The predicted octanol–water partition coefficient (Wildman–Crippen LogP) is 2.42. The lowest BCUT2D eigenvalue weighted by Crippen LogP contribution is -2.06. The minimum absolute atomic E-state index is 0.521. The minimum Gasteiger partial charge on any atom is -0.478 e. The quantitative estimate of drug-likeness (QED) is 0.502. The molecule has 6 heteroatoms. The molecule has 0 aliphatic rings. The molecule has 112 valence electrons. The fourth-order valence-corrected chi connectivity index (χ4v) is 2.27. The van der Waals surface area contributed by atoms with Gasteiger partial charge < -0.3 is 19.3 Å². The van der Waals surface area contributed by atoms with Crippen LogP contribution in [0.5, 0.6) is 0 Å². The van der Waals surface area contributed by atoms with Gasteiger partial charge in [-0.3, -0.25) is 0 Å². The number of thiophene rings is 1. The van der Waals surface area contributed by atoms with Crippen LogP contribution in [-0.2, 0) is 25.6 Å². The summed E-state index contributed by atoms with van der Waals surface area (Å²) >= 11 is 1.52. The van der Waals surface area contributed by atoms with E-state index in [0.717, 1.165) is 22.3 Å². The lowest BCUT2D eigenvalue weighted by Gasteiger charge is -2.04. The second-order valence-electron chi connectivity index (χ2n) is 3.99. The highest BCUT2D eigenvalue weighted by Crippen LogP contribution is 2.18. The molecule has 1 aromatic heterocycles. The van der Waals surface area contributed by atoms with Gasteiger partial charge in [-0.15, -0.1) is 11.3 Å². The van der Waals surface area contributed by atoms with Crippen molar-refractivity contribution in [1.82, 2.24) is 0 Å². The summed E-state index contributed by atoms with van der Waals surface area (Å²) in [4.78, 5) is 12.4. The Morgan fingerprint density at radius 3 is 2.80 bits per heavy atom. The fraction of sp³-hybridized carbons (Fsp3) is 0.500. The fourth-order valence-electron chi connectivity index (χ4n) is 1.41. The van der Waals surface area contributed by atoms with Crippen LogP contribution < -0.4 is 0 Å². The summed E-state index contributed by atoms with van der Waals surface area (Å²) < 4.78 is 15.8. The molecule has 0 spiro atoms. The highest BCUT2D eigenvalue weighted by molar-refractivity contribution is 7.12. The van der Waals surface area contributed by atoms with Gasteiger partial charge in [-0.05, 0) is 24.6 Å². The number of carbonyl (C=O) groups is 1. The maximum absolute atomic E-state index is 10.4. The minimum atomic E-state index is -0.943. The van der Waals surface area contributed by atoms with Crippen molar-refractivity contribution < 1.29 is 24.1 Å². The summed E-state index contributed by atoms with van der Waals surface area (Å²) in [5, 5.41) is 8.53. The van der Waals surface area contributed by atoms with Crippen molar-refractivity contribution >= 4 is 23.4 Å². The molecule has 0 bridgehead atoms. The van der Waals surface area contributed by atoms with Crippen molar-refractivity contribution in [2.75, 3.05) is 33.5 Å². The molecule has 1 rings (SSSR count). The van der Waals surface area contributed by atoms with Gasteiger partial charge in [-0.2, -0.15) is 0 Å². The van der Waals surface area contributed by atoms with Crippen LogP contribution in [0, 0.1) is 0 Å². The molecule has 1 heterocycles. The van der Waals surface area contributed by atoms with Crippen LogP contribution in [0.1, 0.15) is 16.2 Å². The molecule has 0 amide bonds. The topological polar surface area (TPSA) is 65.0 Å². The van der Waals surface area contributed by atoms with Gasteiger partial charge in [0.1, 0.15) is 0 Å². The van der Waals surface area contributed by atoms with Gasteiger partial charge in [0.2, 0.25) is 0 Å². The Kier molecular flexibility index (Phi) is 8.90. The Hall–Kier alpha value is -1.21. The smallest absolute Gasteiger partial charge is 0.328 e. The van der Waals surface area contributed by atoms with E-state index < -0.39 is 5.97 Å². The first-order chi connectivity index (χ1) is 9.72. The Morgan fingerprint density at radius 2 is 2.05 bits per heavy atom. The van der Waals surface area contributed by atoms with E-state index in [2.05, 4.69) is 0 Å². The summed E-state index contributed by atoms with van der Waals surface area (Å²) in [6.07, 6.45) is 3.60. The van der Waals surface area contributed by atoms with Gasteiger partial charge in [0, 0.05) is 36.2 Å². The van der Waals surface area contributed by atoms with Gasteiger partial charge in [0.25, 0.3) is 0 Å². The lowest BCUT2D eigenvalue weighted by molar-refractivity contribution is -0.131. The number of rotatable bonds is 11. The maximum Gasteiger partial charge on any atom is 0.328 e. The predicted molar refractivity (Wildman–Crippen MR) is 78.0 cm³/mol. The van der Waals surface area contributed by atoms with E-state index in [1.165, 1.54) is 11.3 Å². The molecule has 5 nitrogen and oxygen atoms in total. The number of carboxylic acids is 1. The number of carboxylic acid groups (broad SMARTS) is 1. The monoisotopic (exact) mass is 300 g/mol. The number of hydrogen-bond donors (Lipinski definition) is 1. The average molecular weight is 300 g/mol. The first kappa shape index (κ1) is 16.8. The van der Waals surface area contributed by atoms with Crippen LogP contribution in [0.3, 0.4) is 0 Å². The second-order valence-corrected chi connectivity index (χ2v) is 5.19. The molecular weight excluding hydrogens is 280 g/mol. The highest BCUT2D eigenvalue weighted by atomic mass is 32.1. The molecule has 0 aromatic carbocycles. The van der Waals surface area contributed by atoms with Crippen molar-refractivity contribution in [3.05, 3.63) is 28.0 Å². The van der Waals surface area contributed by atoms with Gasteiger partial charge >= 0.3 is 5.97 Å². The Morgan fingerprint density at radius 1 is 1.25 bits per heavy atom. The molecule has 0 saturated heterocycles. The Labute approximate surface area is 122 Å². The molecule has 0 aliphatic carbocycles. The van der Waals surface area contributed by atoms with E-state index >= 15 is 0 Å². The maximum atomic E-state index is 10.4. The van der Waals surface area contributed by atoms with Gasteiger partial charge in [0.15, 0.2) is 0 Å². The van der Waals surface area contributed by atoms with E-state index in [1.54, 1.807) is 13.2 Å². The molecule has 0 atom stereocenters. The summed E-state index contributed by atoms with van der Waals surface area (Å²) in [5.41, 5.74) is 0. The van der Waals surface area contributed by atoms with Gasteiger partial charge in [-0.1, -0.05) is 0 Å². The molecule has 0 unspecified atom stereocenters. The molecule has 1 N–H and O–H groups in total. The van der Waals surface area contributed by atoms with E-state index in [4.69, 9.17) is 19.3 Å². The molecule has 0 radical (unpaired) electrons. The number of ether oxygens (including phenoxy) is 3. The molecule has 0 fully saturated rings. The zero-order valence-electron chi connectivity index (χ0n) is 11.5. The first-order valence-electron chi connectivity index (χ1n) is 6.36. The standard InChI is InChI=1S/C14H20O5S/c1-17-7-2-8-18-9-10-19-11-13-4-3-12(20-13)5-6-14(15)16/h3-6H,2,7-11H2,1H3,(H,15,16)/b6-5+. The normalized spacial score (nSPS) is 11.2. The highest BCUT2D eigenvalue weighted by Gasteiger charge is 1.99. The molecule has 0 aliphatic heterocycles. The van der Waals surface area contributed by atoms with Gasteiger partial charge in [0.05, 0.1) is 19.8 Å². The largest absolute Gasteiger partial charge is 0.478 e. The SMILES string of the molecule is COCCCOCCOCc1ccc(/C=C/C(=O)O)s1. The molecule has 0 saturated carbocycles. The number of aliphatic carboxylic acids is 1. The third-order valence-electron chi connectivity index (χ3n) is 2.33. The van der Waals surface area contributed by atoms with Crippen molar-refractivity contribution in [3.63, 3.8) is 0 Å². The molecule has 20 heavy (non-hydrogen) atoms. The zero-order chi connectivity index (χ0) is 14.6. The van der Waals surface area contributed by atoms with E-state index in [9.17, 15) is 4.79 Å². The van der Waals surface area contributed by atoms with Crippen molar-refractivity contribution in [1.29, 1.82) is 0 Å². The van der Waals surface area contributed by atoms with Crippen LogP contribution >= 0.6 is 11.3 Å². The second kappa shape index (κ2) is 10.6. The van der Waals surface area contributed by atoms with Crippen molar-refractivity contribution in [2.24, 2.45) is 0 Å². The van der Waals surface area contributed by atoms with Crippen molar-refractivity contribution in [3.8, 4) is 0 Å². The summed E-state index contributed by atoms with van der Waals surface area (Å²) in [5.74, 6) is -0.943. The Bertz CT molecular complexity index is 413. The third-order valence-corrected chi connectivity index (χ3v) is 3.35. The summed E-state index contributed by atoms with van der Waals surface area (Å²) in [6, 6.07) is 3.82. The van der Waals surface area contributed by atoms with Crippen LogP contribution in [0.2, 0.25) is 0 Å². The van der Waals surface area contributed by atoms with E-state index in [0.29, 0.717) is 33.0 Å². The van der Waals surface area contributed by atoms with Gasteiger partial charge in [-0.25, -0.2) is 4.79 Å². The van der Waals surface area contributed by atoms with Crippen molar-refractivity contribution in [2.45, 2.75) is 13.0 Å². The number of methoxy groups -OCH3 is 1. The Balaban J connectivity index is 2.09. The van der Waals surface area contributed by atoms with Crippen LogP contribution in [0.15, 0.2) is 18.2 Å². The number of hydrogen-bond acceptors (Lipinski definition) is 5. The molecule has 1 aromatic rings. The zero-order valence-corrected chi connectivity index (χ0v) is 12.4. The van der Waals surface area contributed by atoms with Crippen LogP contribution in [-0.4, -0.2) is 44.6 Å². The third kappa shape index (κ3) is 8.06. The average Bonchev–Trinajstić information content (AvgIpc) is 2.87. The van der Waals surface area contributed by atoms with E-state index in [1.807, 2.05) is 12.1 Å². The summed E-state index contributed by atoms with van der Waals surface area (Å²) in [7, 11) is 1.67. The van der Waals surface area contributed by atoms with Crippen LogP contribution in [0.4, 0.5) is 0 Å².